The summed E-state index contributed by atoms with van der Waals surface area (Å²) in [5, 5.41) is 2.65. The zero-order valence-corrected chi connectivity index (χ0v) is 13.4. The van der Waals surface area contributed by atoms with Crippen molar-refractivity contribution < 1.29 is 9.53 Å². The van der Waals surface area contributed by atoms with Gasteiger partial charge in [-0.3, -0.25) is 5.32 Å². The minimum absolute atomic E-state index is 0.472. The Hall–Kier alpha value is -1.10. The number of ether oxygens (including phenoxy) is 1. The number of aromatic nitrogens is 1. The molecule has 4 nitrogen and oxygen atoms in total. The first-order chi connectivity index (χ1) is 8.28. The molecule has 0 spiro atoms. The van der Waals surface area contributed by atoms with Gasteiger partial charge >= 0.3 is 6.09 Å². The summed E-state index contributed by atoms with van der Waals surface area (Å²) in [5.41, 5.74) is 1.08. The summed E-state index contributed by atoms with van der Waals surface area (Å²) < 4.78 is 5.87. The molecule has 1 N–H and O–H groups in total. The number of hydrogen-bond acceptors (Lipinski definition) is 3. The van der Waals surface area contributed by atoms with E-state index in [1.54, 1.807) is 6.20 Å². The van der Waals surface area contributed by atoms with Crippen molar-refractivity contribution in [2.45, 2.75) is 47.1 Å². The predicted molar refractivity (Wildman–Crippen MR) is 77.9 cm³/mol. The van der Waals surface area contributed by atoms with E-state index in [1.807, 2.05) is 47.6 Å². The summed E-state index contributed by atoms with van der Waals surface area (Å²) in [4.78, 5) is 15.5. The Morgan fingerprint density at radius 1 is 1.39 bits per heavy atom. The van der Waals surface area contributed by atoms with Gasteiger partial charge in [0, 0.05) is 0 Å². The van der Waals surface area contributed by atoms with Gasteiger partial charge in [0.2, 0.25) is 0 Å². The van der Waals surface area contributed by atoms with Crippen LogP contribution in [0.3, 0.4) is 0 Å². The molecule has 0 radical (unpaired) electrons. The molecule has 0 aliphatic carbocycles. The molecular formula is C13H21BrN2O2. The zero-order chi connectivity index (χ0) is 14.3. The van der Waals surface area contributed by atoms with E-state index in [2.05, 4.69) is 26.2 Å². The van der Waals surface area contributed by atoms with Crippen molar-refractivity contribution in [1.82, 2.24) is 4.98 Å². The van der Waals surface area contributed by atoms with Crippen LogP contribution in [-0.2, 0) is 4.74 Å². The van der Waals surface area contributed by atoms with Crippen LogP contribution >= 0.6 is 15.9 Å². The van der Waals surface area contributed by atoms with Gasteiger partial charge in [-0.25, -0.2) is 9.78 Å². The Balaban J connectivity index is 0.00000137. The molecule has 0 saturated carbocycles. The largest absolute Gasteiger partial charge is 0.444 e. The molecule has 1 aromatic rings. The number of rotatable bonds is 1. The molecule has 0 bridgehead atoms. The summed E-state index contributed by atoms with van der Waals surface area (Å²) in [6.45, 7) is 11.3. The number of pyridine rings is 1. The van der Waals surface area contributed by atoms with Crippen molar-refractivity contribution in [3.8, 4) is 0 Å². The molecular weight excluding hydrogens is 296 g/mol. The van der Waals surface area contributed by atoms with E-state index >= 15 is 0 Å². The number of anilines is 1. The molecule has 0 aliphatic heterocycles. The third-order valence-electron chi connectivity index (χ3n) is 1.71. The van der Waals surface area contributed by atoms with Gasteiger partial charge in [0.25, 0.3) is 0 Å². The maximum absolute atomic E-state index is 11.5. The molecule has 0 aromatic carbocycles. The van der Waals surface area contributed by atoms with Gasteiger partial charge in [-0.15, -0.1) is 0 Å². The number of halogens is 1. The van der Waals surface area contributed by atoms with Crippen LogP contribution < -0.4 is 5.32 Å². The lowest BCUT2D eigenvalue weighted by atomic mass is 10.2. The summed E-state index contributed by atoms with van der Waals surface area (Å²) >= 11 is 3.26. The maximum Gasteiger partial charge on any atom is 0.412 e. The van der Waals surface area contributed by atoms with Gasteiger partial charge in [0.15, 0.2) is 0 Å². The van der Waals surface area contributed by atoms with E-state index in [9.17, 15) is 4.79 Å². The van der Waals surface area contributed by atoms with E-state index in [1.165, 1.54) is 0 Å². The number of nitrogens with zero attached hydrogens (tertiary/aromatic N) is 1. The number of carbonyl (C=O) groups excluding carboxylic acids is 1. The van der Waals surface area contributed by atoms with Crippen LogP contribution in [0, 0.1) is 6.92 Å². The topological polar surface area (TPSA) is 51.2 Å². The standard InChI is InChI=1S/C11H15BrN2O2.C2H6/c1-7-5-9(12)13-6-8(7)14-10(15)16-11(2,3)4;1-2/h5-6H,1-4H3,(H,14,15);1-2H3. The van der Waals surface area contributed by atoms with Crippen molar-refractivity contribution in [1.29, 1.82) is 0 Å². The SMILES string of the molecule is CC.Cc1cc(Br)ncc1NC(=O)OC(C)(C)C. The lowest BCUT2D eigenvalue weighted by molar-refractivity contribution is 0.0635. The smallest absolute Gasteiger partial charge is 0.412 e. The monoisotopic (exact) mass is 316 g/mol. The van der Waals surface area contributed by atoms with Crippen molar-refractivity contribution in [3.63, 3.8) is 0 Å². The fraction of sp³-hybridized carbons (Fsp3) is 0.538. The molecule has 18 heavy (non-hydrogen) atoms. The van der Waals surface area contributed by atoms with Crippen LogP contribution in [0.4, 0.5) is 10.5 Å². The third-order valence-corrected chi connectivity index (χ3v) is 2.15. The van der Waals surface area contributed by atoms with Gasteiger partial charge in [0.05, 0.1) is 11.9 Å². The Labute approximate surface area is 117 Å². The second-order valence-corrected chi connectivity index (χ2v) is 5.26. The van der Waals surface area contributed by atoms with E-state index in [-0.39, 0.29) is 0 Å². The van der Waals surface area contributed by atoms with Crippen molar-refractivity contribution in [3.05, 3.63) is 22.4 Å². The highest BCUT2D eigenvalue weighted by atomic mass is 79.9. The van der Waals surface area contributed by atoms with E-state index in [4.69, 9.17) is 4.74 Å². The van der Waals surface area contributed by atoms with E-state index in [0.29, 0.717) is 5.69 Å². The van der Waals surface area contributed by atoms with Crippen LogP contribution in [0.1, 0.15) is 40.2 Å². The lowest BCUT2D eigenvalue weighted by Crippen LogP contribution is -2.27. The lowest BCUT2D eigenvalue weighted by Gasteiger charge is -2.20. The molecule has 0 fully saturated rings. The van der Waals surface area contributed by atoms with Crippen molar-refractivity contribution in [2.75, 3.05) is 5.32 Å². The number of carbonyl (C=O) groups is 1. The average molecular weight is 317 g/mol. The minimum atomic E-state index is -0.499. The second-order valence-electron chi connectivity index (χ2n) is 4.45. The number of amides is 1. The summed E-state index contributed by atoms with van der Waals surface area (Å²) in [7, 11) is 0. The van der Waals surface area contributed by atoms with Crippen LogP contribution in [0.2, 0.25) is 0 Å². The molecule has 0 aliphatic rings. The van der Waals surface area contributed by atoms with Crippen LogP contribution in [0.25, 0.3) is 0 Å². The molecule has 102 valence electrons. The van der Waals surface area contributed by atoms with E-state index in [0.717, 1.165) is 10.2 Å². The first kappa shape index (κ1) is 16.9. The number of aryl methyl sites for hydroxylation is 1. The highest BCUT2D eigenvalue weighted by molar-refractivity contribution is 9.10. The highest BCUT2D eigenvalue weighted by Gasteiger charge is 2.16. The zero-order valence-electron chi connectivity index (χ0n) is 11.8. The van der Waals surface area contributed by atoms with E-state index < -0.39 is 11.7 Å². The molecule has 0 saturated heterocycles. The predicted octanol–water partition coefficient (Wildman–Crippen LogP) is 4.53. The fourth-order valence-corrected chi connectivity index (χ4v) is 1.51. The summed E-state index contributed by atoms with van der Waals surface area (Å²) in [5.74, 6) is 0. The Morgan fingerprint density at radius 3 is 2.39 bits per heavy atom. The quantitative estimate of drug-likeness (QED) is 0.774. The minimum Gasteiger partial charge on any atom is -0.444 e. The molecule has 5 heteroatoms. The molecule has 1 heterocycles. The van der Waals surface area contributed by atoms with Crippen LogP contribution in [0.15, 0.2) is 16.9 Å². The van der Waals surface area contributed by atoms with Gasteiger partial charge < -0.3 is 4.74 Å². The van der Waals surface area contributed by atoms with Crippen molar-refractivity contribution >= 4 is 27.7 Å². The fourth-order valence-electron chi connectivity index (χ4n) is 1.07. The molecule has 1 amide bonds. The molecule has 1 aromatic heterocycles. The van der Waals surface area contributed by atoms with Gasteiger partial charge in [-0.05, 0) is 55.3 Å². The normalized spacial score (nSPS) is 10.2. The first-order valence-corrected chi connectivity index (χ1v) is 6.69. The third kappa shape index (κ3) is 6.59. The van der Waals surface area contributed by atoms with Gasteiger partial charge in [-0.2, -0.15) is 0 Å². The van der Waals surface area contributed by atoms with Crippen LogP contribution in [-0.4, -0.2) is 16.7 Å². The Kier molecular flexibility index (Phi) is 6.91. The van der Waals surface area contributed by atoms with Gasteiger partial charge in [0.1, 0.15) is 10.2 Å². The first-order valence-electron chi connectivity index (χ1n) is 5.90. The summed E-state index contributed by atoms with van der Waals surface area (Å²) in [6, 6.07) is 1.83. The molecule has 1 rings (SSSR count). The van der Waals surface area contributed by atoms with Crippen LogP contribution in [0.5, 0.6) is 0 Å². The Morgan fingerprint density at radius 2 is 1.94 bits per heavy atom. The molecule has 0 atom stereocenters. The maximum atomic E-state index is 11.5. The molecule has 0 unspecified atom stereocenters. The van der Waals surface area contributed by atoms with Crippen molar-refractivity contribution in [2.24, 2.45) is 0 Å². The number of hydrogen-bond donors (Lipinski definition) is 1. The summed E-state index contributed by atoms with van der Waals surface area (Å²) in [6.07, 6.45) is 1.11. The average Bonchev–Trinajstić information content (AvgIpc) is 2.22. The Bertz CT molecular complexity index is 400. The highest BCUT2D eigenvalue weighted by Crippen LogP contribution is 2.18. The number of nitrogens with one attached hydrogen (secondary N) is 1. The second kappa shape index (κ2) is 7.36. The van der Waals surface area contributed by atoms with Gasteiger partial charge in [-0.1, -0.05) is 13.8 Å².